The molecule has 0 aliphatic rings. The molecule has 1 aromatic carbocycles. The van der Waals surface area contributed by atoms with Crippen LogP contribution in [-0.2, 0) is 0 Å². The summed E-state index contributed by atoms with van der Waals surface area (Å²) < 4.78 is 0. The third-order valence-corrected chi connectivity index (χ3v) is 2.37. The molecule has 1 rings (SSSR count). The molecule has 0 saturated heterocycles. The van der Waals surface area contributed by atoms with Gasteiger partial charge in [0.25, 0.3) is 5.69 Å². The first-order chi connectivity index (χ1) is 8.10. The van der Waals surface area contributed by atoms with Gasteiger partial charge in [-0.3, -0.25) is 10.1 Å². The number of rotatable bonds is 6. The van der Waals surface area contributed by atoms with E-state index in [9.17, 15) is 10.1 Å². The fourth-order valence-electron chi connectivity index (χ4n) is 1.63. The summed E-state index contributed by atoms with van der Waals surface area (Å²) in [6.07, 6.45) is 3.43. The zero-order valence-electron chi connectivity index (χ0n) is 9.93. The van der Waals surface area contributed by atoms with E-state index in [0.29, 0.717) is 18.8 Å². The average molecular weight is 232 g/mol. The van der Waals surface area contributed by atoms with Crippen LogP contribution in [0.3, 0.4) is 0 Å². The lowest BCUT2D eigenvalue weighted by atomic mass is 10.1. The standard InChI is InChI=1S/C13H16N2O2/c1-4-8-14(9-5-2)12-7-6-11(3)10-13(12)15(16)17/h4-7,10H,1-2,8-9H2,3H3. The lowest BCUT2D eigenvalue weighted by Gasteiger charge is -2.21. The van der Waals surface area contributed by atoms with Gasteiger partial charge in [0.2, 0.25) is 0 Å². The fraction of sp³-hybridized carbons (Fsp3) is 0.231. The van der Waals surface area contributed by atoms with Crippen molar-refractivity contribution >= 4 is 11.4 Å². The van der Waals surface area contributed by atoms with Crippen LogP contribution in [0.15, 0.2) is 43.5 Å². The van der Waals surface area contributed by atoms with Crippen LogP contribution in [0.2, 0.25) is 0 Å². The van der Waals surface area contributed by atoms with Crippen molar-refractivity contribution in [1.29, 1.82) is 0 Å². The van der Waals surface area contributed by atoms with Crippen molar-refractivity contribution in [3.63, 3.8) is 0 Å². The summed E-state index contributed by atoms with van der Waals surface area (Å²) in [6.45, 7) is 10.2. The van der Waals surface area contributed by atoms with Gasteiger partial charge in [-0.15, -0.1) is 13.2 Å². The predicted molar refractivity (Wildman–Crippen MR) is 70.4 cm³/mol. The molecule has 4 nitrogen and oxygen atoms in total. The lowest BCUT2D eigenvalue weighted by Crippen LogP contribution is -2.24. The van der Waals surface area contributed by atoms with Gasteiger partial charge in [0.15, 0.2) is 0 Å². The van der Waals surface area contributed by atoms with Gasteiger partial charge in [-0.05, 0) is 18.6 Å². The molecule has 17 heavy (non-hydrogen) atoms. The van der Waals surface area contributed by atoms with E-state index in [-0.39, 0.29) is 10.6 Å². The Hall–Kier alpha value is -2.10. The number of nitro groups is 1. The second kappa shape index (κ2) is 5.84. The van der Waals surface area contributed by atoms with Crippen molar-refractivity contribution < 1.29 is 4.92 Å². The molecule has 90 valence electrons. The molecule has 0 bridgehead atoms. The molecular weight excluding hydrogens is 216 g/mol. The van der Waals surface area contributed by atoms with Crippen LogP contribution in [0.5, 0.6) is 0 Å². The van der Waals surface area contributed by atoms with Gasteiger partial charge in [-0.1, -0.05) is 18.2 Å². The molecule has 0 saturated carbocycles. The highest BCUT2D eigenvalue weighted by molar-refractivity contribution is 5.64. The maximum absolute atomic E-state index is 11.0. The van der Waals surface area contributed by atoms with Gasteiger partial charge >= 0.3 is 0 Å². The quantitative estimate of drug-likeness (QED) is 0.430. The molecule has 0 spiro atoms. The zero-order valence-corrected chi connectivity index (χ0v) is 9.93. The molecule has 0 unspecified atom stereocenters. The molecule has 0 amide bonds. The van der Waals surface area contributed by atoms with Crippen LogP contribution in [0.4, 0.5) is 11.4 Å². The Kier molecular flexibility index (Phi) is 4.46. The van der Waals surface area contributed by atoms with Crippen molar-refractivity contribution in [2.24, 2.45) is 0 Å². The Balaban J connectivity index is 3.20. The number of nitrogens with zero attached hydrogens (tertiary/aromatic N) is 2. The third kappa shape index (κ3) is 3.17. The van der Waals surface area contributed by atoms with Crippen molar-refractivity contribution in [2.75, 3.05) is 18.0 Å². The molecule has 0 radical (unpaired) electrons. The molecule has 0 aliphatic carbocycles. The maximum Gasteiger partial charge on any atom is 0.292 e. The summed E-state index contributed by atoms with van der Waals surface area (Å²) in [5.74, 6) is 0. The van der Waals surface area contributed by atoms with E-state index >= 15 is 0 Å². The van der Waals surface area contributed by atoms with E-state index in [2.05, 4.69) is 13.2 Å². The van der Waals surface area contributed by atoms with Gasteiger partial charge in [0.1, 0.15) is 5.69 Å². The molecule has 4 heteroatoms. The Morgan fingerprint density at radius 1 is 1.35 bits per heavy atom. The minimum atomic E-state index is -0.360. The van der Waals surface area contributed by atoms with Gasteiger partial charge in [0, 0.05) is 19.2 Å². The molecule has 0 atom stereocenters. The average Bonchev–Trinajstić information content (AvgIpc) is 2.28. The smallest absolute Gasteiger partial charge is 0.292 e. The molecule has 0 heterocycles. The lowest BCUT2D eigenvalue weighted by molar-refractivity contribution is -0.384. The third-order valence-electron chi connectivity index (χ3n) is 2.37. The van der Waals surface area contributed by atoms with Crippen LogP contribution in [0, 0.1) is 17.0 Å². The van der Waals surface area contributed by atoms with E-state index < -0.39 is 0 Å². The van der Waals surface area contributed by atoms with Gasteiger partial charge in [-0.2, -0.15) is 0 Å². The monoisotopic (exact) mass is 232 g/mol. The van der Waals surface area contributed by atoms with Crippen molar-refractivity contribution in [1.82, 2.24) is 0 Å². The first-order valence-corrected chi connectivity index (χ1v) is 5.32. The van der Waals surface area contributed by atoms with Gasteiger partial charge in [-0.25, -0.2) is 0 Å². The Bertz CT molecular complexity index is 431. The van der Waals surface area contributed by atoms with E-state index in [0.717, 1.165) is 5.56 Å². The Labute approximate surface area is 101 Å². The maximum atomic E-state index is 11.0. The number of hydrogen-bond acceptors (Lipinski definition) is 3. The van der Waals surface area contributed by atoms with Crippen LogP contribution in [0.1, 0.15) is 5.56 Å². The summed E-state index contributed by atoms with van der Waals surface area (Å²) in [5, 5.41) is 11.0. The summed E-state index contributed by atoms with van der Waals surface area (Å²) in [6, 6.07) is 5.20. The van der Waals surface area contributed by atoms with Gasteiger partial charge in [0.05, 0.1) is 4.92 Å². The molecule has 0 N–H and O–H groups in total. The van der Waals surface area contributed by atoms with Gasteiger partial charge < -0.3 is 4.90 Å². The zero-order chi connectivity index (χ0) is 12.8. The number of aryl methyl sites for hydroxylation is 1. The highest BCUT2D eigenvalue weighted by atomic mass is 16.6. The molecular formula is C13H16N2O2. The fourth-order valence-corrected chi connectivity index (χ4v) is 1.63. The topological polar surface area (TPSA) is 46.4 Å². The van der Waals surface area contributed by atoms with E-state index in [4.69, 9.17) is 0 Å². The van der Waals surface area contributed by atoms with Crippen LogP contribution >= 0.6 is 0 Å². The van der Waals surface area contributed by atoms with E-state index in [1.54, 1.807) is 24.3 Å². The Morgan fingerprint density at radius 2 is 1.94 bits per heavy atom. The predicted octanol–water partition coefficient (Wildman–Crippen LogP) is 3.08. The first kappa shape index (κ1) is 13.0. The van der Waals surface area contributed by atoms with Crippen LogP contribution in [-0.4, -0.2) is 18.0 Å². The number of benzene rings is 1. The highest BCUT2D eigenvalue weighted by Gasteiger charge is 2.17. The van der Waals surface area contributed by atoms with E-state index in [1.807, 2.05) is 17.9 Å². The Morgan fingerprint density at radius 3 is 2.41 bits per heavy atom. The summed E-state index contributed by atoms with van der Waals surface area (Å²) >= 11 is 0. The number of anilines is 1. The summed E-state index contributed by atoms with van der Waals surface area (Å²) in [4.78, 5) is 12.5. The molecule has 0 aliphatic heterocycles. The minimum Gasteiger partial charge on any atom is -0.359 e. The largest absolute Gasteiger partial charge is 0.359 e. The number of nitro benzene ring substituents is 1. The SMILES string of the molecule is C=CCN(CC=C)c1ccc(C)cc1[N+](=O)[O-]. The minimum absolute atomic E-state index is 0.119. The van der Waals surface area contributed by atoms with Crippen molar-refractivity contribution in [2.45, 2.75) is 6.92 Å². The normalized spacial score (nSPS) is 9.71. The first-order valence-electron chi connectivity index (χ1n) is 5.32. The molecule has 0 fully saturated rings. The van der Waals surface area contributed by atoms with Crippen LogP contribution < -0.4 is 4.90 Å². The highest BCUT2D eigenvalue weighted by Crippen LogP contribution is 2.28. The second-order valence-corrected chi connectivity index (χ2v) is 3.73. The second-order valence-electron chi connectivity index (χ2n) is 3.73. The van der Waals surface area contributed by atoms with E-state index in [1.165, 1.54) is 0 Å². The summed E-state index contributed by atoms with van der Waals surface area (Å²) in [5.41, 5.74) is 1.59. The van der Waals surface area contributed by atoms with Crippen molar-refractivity contribution in [3.05, 3.63) is 59.2 Å². The number of hydrogen-bond donors (Lipinski definition) is 0. The van der Waals surface area contributed by atoms with Crippen molar-refractivity contribution in [3.8, 4) is 0 Å². The summed E-state index contributed by atoms with van der Waals surface area (Å²) in [7, 11) is 0. The molecule has 1 aromatic rings. The molecule has 0 aromatic heterocycles. The van der Waals surface area contributed by atoms with Crippen LogP contribution in [0.25, 0.3) is 0 Å².